The van der Waals surface area contributed by atoms with E-state index in [0.29, 0.717) is 44.3 Å². The highest BCUT2D eigenvalue weighted by molar-refractivity contribution is 5.70. The number of unbranched alkanes of at least 4 members (excludes halogenated alkanes) is 8. The zero-order chi connectivity index (χ0) is 51.3. The van der Waals surface area contributed by atoms with E-state index in [1.54, 1.807) is 0 Å². The second-order valence-electron chi connectivity index (χ2n) is 25.3. The van der Waals surface area contributed by atoms with Crippen LogP contribution in [-0.2, 0) is 28.6 Å². The lowest BCUT2D eigenvalue weighted by Gasteiger charge is -2.36. The number of hydrogen-bond acceptors (Lipinski definition) is 7. The molecule has 0 aliphatic carbocycles. The molecule has 7 nitrogen and oxygen atoms in total. The zero-order valence-corrected chi connectivity index (χ0v) is 48.3. The molecule has 0 aromatic rings. The molecule has 0 aromatic carbocycles. The standard InChI is InChI=1S/C61H119NO6/c1-15-19-23-32-52(33-24-20-16-2)41-48-66-55(63)38-29-45-60(9,10)50-58(5,6)43-27-36-54(68-57(65)40-31-47-62(13)14)37-28-44-59(7,8)51-61(11,12)46-30-39-56(64)67-49-42-53(34-25-21-17-3)35-26-22-18-4/h52-54H,15-51H2,1-14H3. The van der Waals surface area contributed by atoms with Gasteiger partial charge in [0.15, 0.2) is 0 Å². The van der Waals surface area contributed by atoms with Crippen molar-refractivity contribution in [3.05, 3.63) is 0 Å². The van der Waals surface area contributed by atoms with Gasteiger partial charge in [0, 0.05) is 19.3 Å². The molecule has 0 aliphatic rings. The van der Waals surface area contributed by atoms with Crippen molar-refractivity contribution in [1.82, 2.24) is 4.90 Å². The van der Waals surface area contributed by atoms with E-state index in [0.717, 1.165) is 103 Å². The van der Waals surface area contributed by atoms with Crippen molar-refractivity contribution in [2.75, 3.05) is 33.9 Å². The maximum absolute atomic E-state index is 13.1. The van der Waals surface area contributed by atoms with Gasteiger partial charge in [-0.3, -0.25) is 14.4 Å². The van der Waals surface area contributed by atoms with E-state index >= 15 is 0 Å². The van der Waals surface area contributed by atoms with Gasteiger partial charge in [0.2, 0.25) is 0 Å². The van der Waals surface area contributed by atoms with Crippen LogP contribution in [0.15, 0.2) is 0 Å². The Morgan fingerprint density at radius 3 is 1.04 bits per heavy atom. The number of carbonyl (C=O) groups excluding carboxylic acids is 3. The molecule has 0 heterocycles. The number of ether oxygens (including phenoxy) is 3. The fourth-order valence-electron chi connectivity index (χ4n) is 11.5. The fraction of sp³-hybridized carbons (Fsp3) is 0.951. The molecule has 0 unspecified atom stereocenters. The molecule has 0 fully saturated rings. The summed E-state index contributed by atoms with van der Waals surface area (Å²) in [5, 5.41) is 0. The minimum Gasteiger partial charge on any atom is -0.466 e. The Hall–Kier alpha value is -1.63. The third-order valence-electron chi connectivity index (χ3n) is 14.9. The molecule has 0 bridgehead atoms. The van der Waals surface area contributed by atoms with Crippen LogP contribution in [0.1, 0.15) is 301 Å². The Balaban J connectivity index is 5.05. The number of hydrogen-bond donors (Lipinski definition) is 0. The molecule has 0 saturated heterocycles. The normalized spacial score (nSPS) is 12.8. The maximum atomic E-state index is 13.1. The molecule has 0 N–H and O–H groups in total. The lowest BCUT2D eigenvalue weighted by molar-refractivity contribution is -0.150. The van der Waals surface area contributed by atoms with Gasteiger partial charge in [-0.15, -0.1) is 0 Å². The summed E-state index contributed by atoms with van der Waals surface area (Å²) < 4.78 is 17.8. The van der Waals surface area contributed by atoms with Crippen molar-refractivity contribution in [2.45, 2.75) is 307 Å². The Morgan fingerprint density at radius 2 is 0.721 bits per heavy atom. The van der Waals surface area contributed by atoms with Gasteiger partial charge in [-0.2, -0.15) is 0 Å². The fourth-order valence-corrected chi connectivity index (χ4v) is 11.5. The Morgan fingerprint density at radius 1 is 0.397 bits per heavy atom. The lowest BCUT2D eigenvalue weighted by Crippen LogP contribution is -2.26. The predicted octanol–water partition coefficient (Wildman–Crippen LogP) is 18.2. The molecule has 0 radical (unpaired) electrons. The van der Waals surface area contributed by atoms with E-state index in [4.69, 9.17) is 14.2 Å². The van der Waals surface area contributed by atoms with Gasteiger partial charge in [-0.1, -0.05) is 186 Å². The predicted molar refractivity (Wildman–Crippen MR) is 292 cm³/mol. The molecular weight excluding hydrogens is 843 g/mol. The van der Waals surface area contributed by atoms with Crippen LogP contribution in [0, 0.1) is 33.5 Å². The van der Waals surface area contributed by atoms with Gasteiger partial charge < -0.3 is 19.1 Å². The molecule has 0 atom stereocenters. The number of carbonyl (C=O) groups is 3. The summed E-state index contributed by atoms with van der Waals surface area (Å²) in [4.78, 5) is 40.7. The van der Waals surface area contributed by atoms with Crippen LogP contribution in [0.5, 0.6) is 0 Å². The summed E-state index contributed by atoms with van der Waals surface area (Å²) in [5.41, 5.74) is 0.534. The van der Waals surface area contributed by atoms with Crippen molar-refractivity contribution in [3.63, 3.8) is 0 Å². The van der Waals surface area contributed by atoms with E-state index in [1.165, 1.54) is 103 Å². The summed E-state index contributed by atoms with van der Waals surface area (Å²) >= 11 is 0. The van der Waals surface area contributed by atoms with E-state index in [2.05, 4.69) is 88.0 Å². The molecule has 0 aliphatic heterocycles. The van der Waals surface area contributed by atoms with Gasteiger partial charge >= 0.3 is 17.9 Å². The third-order valence-corrected chi connectivity index (χ3v) is 14.9. The van der Waals surface area contributed by atoms with Crippen LogP contribution in [-0.4, -0.2) is 62.8 Å². The second-order valence-corrected chi connectivity index (χ2v) is 25.3. The summed E-state index contributed by atoms with van der Waals surface area (Å²) in [6.07, 6.45) is 36.6. The van der Waals surface area contributed by atoms with E-state index in [1.807, 2.05) is 14.1 Å². The van der Waals surface area contributed by atoms with Crippen LogP contribution in [0.25, 0.3) is 0 Å². The molecule has 0 rings (SSSR count). The molecule has 0 amide bonds. The smallest absolute Gasteiger partial charge is 0.306 e. The highest BCUT2D eigenvalue weighted by Gasteiger charge is 2.31. The summed E-state index contributed by atoms with van der Waals surface area (Å²) in [5.74, 6) is 1.24. The Bertz CT molecular complexity index is 1140. The summed E-state index contributed by atoms with van der Waals surface area (Å²) in [6.45, 7) is 30.0. The maximum Gasteiger partial charge on any atom is 0.306 e. The first kappa shape index (κ1) is 66.4. The average Bonchev–Trinajstić information content (AvgIpc) is 3.22. The first-order valence-corrected chi connectivity index (χ1v) is 29.2. The van der Waals surface area contributed by atoms with Gasteiger partial charge in [-0.25, -0.2) is 0 Å². The number of esters is 3. The van der Waals surface area contributed by atoms with Crippen LogP contribution < -0.4 is 0 Å². The van der Waals surface area contributed by atoms with Crippen molar-refractivity contribution in [3.8, 4) is 0 Å². The minimum atomic E-state index is -0.0628. The molecular formula is C61H119NO6. The Kier molecular flexibility index (Phi) is 38.0. The minimum absolute atomic E-state index is 0.0333. The van der Waals surface area contributed by atoms with Gasteiger partial charge in [0.05, 0.1) is 13.2 Å². The summed E-state index contributed by atoms with van der Waals surface area (Å²) in [7, 11) is 4.09. The van der Waals surface area contributed by atoms with Crippen molar-refractivity contribution in [2.24, 2.45) is 33.5 Å². The third kappa shape index (κ3) is 40.0. The topological polar surface area (TPSA) is 82.1 Å². The van der Waals surface area contributed by atoms with Crippen molar-refractivity contribution < 1.29 is 28.6 Å². The van der Waals surface area contributed by atoms with E-state index < -0.39 is 0 Å². The molecule has 0 aromatic heterocycles. The largest absolute Gasteiger partial charge is 0.466 e. The van der Waals surface area contributed by atoms with Gasteiger partial charge in [-0.05, 0) is 150 Å². The summed E-state index contributed by atoms with van der Waals surface area (Å²) in [6, 6.07) is 0. The van der Waals surface area contributed by atoms with Crippen molar-refractivity contribution in [1.29, 1.82) is 0 Å². The second kappa shape index (κ2) is 39.0. The van der Waals surface area contributed by atoms with Crippen molar-refractivity contribution >= 4 is 17.9 Å². The highest BCUT2D eigenvalue weighted by atomic mass is 16.5. The van der Waals surface area contributed by atoms with E-state index in [-0.39, 0.29) is 45.7 Å². The van der Waals surface area contributed by atoms with Crippen LogP contribution in [0.4, 0.5) is 0 Å². The lowest BCUT2D eigenvalue weighted by atomic mass is 9.70. The molecule has 0 saturated carbocycles. The van der Waals surface area contributed by atoms with Crippen LogP contribution in [0.3, 0.4) is 0 Å². The van der Waals surface area contributed by atoms with Crippen LogP contribution in [0.2, 0.25) is 0 Å². The molecule has 7 heteroatoms. The van der Waals surface area contributed by atoms with Gasteiger partial charge in [0.1, 0.15) is 6.10 Å². The SMILES string of the molecule is CCCCCC(CCCCC)CCOC(=O)CCCC(C)(C)CC(C)(C)CCCC(CCCC(C)(C)CC(C)(C)CCCC(=O)OCCC(CCCCC)CCCCC)OC(=O)CCCN(C)C. The monoisotopic (exact) mass is 962 g/mol. The highest BCUT2D eigenvalue weighted by Crippen LogP contribution is 2.42. The first-order valence-electron chi connectivity index (χ1n) is 29.2. The first-order chi connectivity index (χ1) is 32.1. The molecule has 68 heavy (non-hydrogen) atoms. The van der Waals surface area contributed by atoms with Gasteiger partial charge in [0.25, 0.3) is 0 Å². The number of nitrogens with zero attached hydrogens (tertiary/aromatic N) is 1. The van der Waals surface area contributed by atoms with Crippen LogP contribution >= 0.6 is 0 Å². The average molecular weight is 963 g/mol. The molecule has 0 spiro atoms. The zero-order valence-electron chi connectivity index (χ0n) is 48.3. The van der Waals surface area contributed by atoms with E-state index in [9.17, 15) is 14.4 Å². The number of rotatable bonds is 47. The quantitative estimate of drug-likeness (QED) is 0.0341. The molecule has 404 valence electrons. The Labute approximate surface area is 424 Å².